The molecule has 1 atom stereocenters. The number of hydrogen-bond donors (Lipinski definition) is 1. The first kappa shape index (κ1) is 17.9. The van der Waals surface area contributed by atoms with Crippen molar-refractivity contribution in [2.45, 2.75) is 53.0 Å². The third kappa shape index (κ3) is 7.15. The highest BCUT2D eigenvalue weighted by Crippen LogP contribution is 2.01. The second-order valence-corrected chi connectivity index (χ2v) is 4.36. The molecule has 112 valence electrons. The van der Waals surface area contributed by atoms with Crippen molar-refractivity contribution in [2.24, 2.45) is 0 Å². The number of rotatable bonds is 10. The minimum absolute atomic E-state index is 0.122. The highest BCUT2D eigenvalue weighted by atomic mass is 16.5. The maximum atomic E-state index is 11.8. The molecule has 19 heavy (non-hydrogen) atoms. The van der Waals surface area contributed by atoms with Gasteiger partial charge < -0.3 is 15.0 Å². The van der Waals surface area contributed by atoms with Gasteiger partial charge in [-0.25, -0.2) is 0 Å². The van der Waals surface area contributed by atoms with E-state index in [4.69, 9.17) is 4.74 Å². The molecule has 0 fully saturated rings. The Hall–Kier alpha value is -1.10. The van der Waals surface area contributed by atoms with Gasteiger partial charge in [-0.1, -0.05) is 13.3 Å². The molecule has 1 N–H and O–H groups in total. The molecule has 0 saturated carbocycles. The van der Waals surface area contributed by atoms with Crippen LogP contribution in [-0.4, -0.2) is 49.1 Å². The van der Waals surface area contributed by atoms with Gasteiger partial charge >= 0.3 is 5.97 Å². The van der Waals surface area contributed by atoms with Gasteiger partial charge in [0.25, 0.3) is 0 Å². The minimum atomic E-state index is -0.297. The molecular weight excluding hydrogens is 244 g/mol. The molecule has 5 nitrogen and oxygen atoms in total. The summed E-state index contributed by atoms with van der Waals surface area (Å²) in [6.07, 6.45) is 2.06. The molecule has 0 heterocycles. The van der Waals surface area contributed by atoms with Crippen LogP contribution >= 0.6 is 0 Å². The number of nitrogens with one attached hydrogen (secondary N) is 1. The van der Waals surface area contributed by atoms with Crippen LogP contribution < -0.4 is 5.32 Å². The minimum Gasteiger partial charge on any atom is -0.465 e. The van der Waals surface area contributed by atoms with Crippen LogP contribution in [0.4, 0.5) is 0 Å². The van der Waals surface area contributed by atoms with Crippen LogP contribution in [0.1, 0.15) is 47.0 Å². The van der Waals surface area contributed by atoms with Crippen molar-refractivity contribution in [1.82, 2.24) is 10.2 Å². The standard InChI is InChI=1S/C14H28N2O3/c1-5-9-12(14(18)19-8-4)15-11-10-13(17)16(6-2)7-3/h12,15H,5-11H2,1-4H3. The van der Waals surface area contributed by atoms with Crippen molar-refractivity contribution in [1.29, 1.82) is 0 Å². The van der Waals surface area contributed by atoms with E-state index in [1.165, 1.54) is 0 Å². The number of hydrogen-bond acceptors (Lipinski definition) is 4. The van der Waals surface area contributed by atoms with Crippen LogP contribution in [0.3, 0.4) is 0 Å². The zero-order chi connectivity index (χ0) is 14.7. The number of nitrogens with zero attached hydrogens (tertiary/aromatic N) is 1. The Balaban J connectivity index is 4.11. The zero-order valence-electron chi connectivity index (χ0n) is 12.7. The summed E-state index contributed by atoms with van der Waals surface area (Å²) < 4.78 is 5.01. The monoisotopic (exact) mass is 272 g/mol. The van der Waals surface area contributed by atoms with E-state index in [9.17, 15) is 9.59 Å². The first-order chi connectivity index (χ1) is 9.10. The molecule has 0 radical (unpaired) electrons. The van der Waals surface area contributed by atoms with Gasteiger partial charge in [-0.15, -0.1) is 0 Å². The highest BCUT2D eigenvalue weighted by molar-refractivity contribution is 5.77. The molecule has 0 aliphatic carbocycles. The van der Waals surface area contributed by atoms with Crippen LogP contribution in [0.25, 0.3) is 0 Å². The zero-order valence-corrected chi connectivity index (χ0v) is 12.7. The second kappa shape index (κ2) is 10.8. The van der Waals surface area contributed by atoms with E-state index in [-0.39, 0.29) is 17.9 Å². The largest absolute Gasteiger partial charge is 0.465 e. The fraction of sp³-hybridized carbons (Fsp3) is 0.857. The second-order valence-electron chi connectivity index (χ2n) is 4.36. The van der Waals surface area contributed by atoms with Crippen LogP contribution in [0.5, 0.6) is 0 Å². The van der Waals surface area contributed by atoms with E-state index < -0.39 is 0 Å². The predicted octanol–water partition coefficient (Wildman–Crippen LogP) is 1.57. The molecule has 1 unspecified atom stereocenters. The lowest BCUT2D eigenvalue weighted by atomic mass is 10.1. The van der Waals surface area contributed by atoms with E-state index in [0.29, 0.717) is 19.6 Å². The van der Waals surface area contributed by atoms with Crippen LogP contribution in [0.15, 0.2) is 0 Å². The van der Waals surface area contributed by atoms with Crippen LogP contribution in [-0.2, 0) is 14.3 Å². The van der Waals surface area contributed by atoms with E-state index in [2.05, 4.69) is 5.32 Å². The Kier molecular flexibility index (Phi) is 10.2. The summed E-state index contributed by atoms with van der Waals surface area (Å²) in [4.78, 5) is 25.3. The molecule has 0 aromatic carbocycles. The summed E-state index contributed by atoms with van der Waals surface area (Å²) in [5, 5.41) is 3.12. The average molecular weight is 272 g/mol. The van der Waals surface area contributed by atoms with Crippen molar-refractivity contribution < 1.29 is 14.3 Å². The van der Waals surface area contributed by atoms with Gasteiger partial charge in [0.2, 0.25) is 5.91 Å². The Morgan fingerprint density at radius 1 is 1.16 bits per heavy atom. The van der Waals surface area contributed by atoms with Gasteiger partial charge in [-0.05, 0) is 27.2 Å². The van der Waals surface area contributed by atoms with E-state index in [1.54, 1.807) is 11.8 Å². The van der Waals surface area contributed by atoms with Crippen molar-refractivity contribution in [3.05, 3.63) is 0 Å². The van der Waals surface area contributed by atoms with Gasteiger partial charge in [0, 0.05) is 26.1 Å². The van der Waals surface area contributed by atoms with Crippen LogP contribution in [0, 0.1) is 0 Å². The number of carbonyl (C=O) groups is 2. The summed E-state index contributed by atoms with van der Waals surface area (Å²) in [5.41, 5.74) is 0. The first-order valence-corrected chi connectivity index (χ1v) is 7.28. The molecule has 0 aliphatic rings. The molecule has 0 rings (SSSR count). The van der Waals surface area contributed by atoms with Gasteiger partial charge in [0.15, 0.2) is 0 Å². The van der Waals surface area contributed by atoms with Crippen LogP contribution in [0.2, 0.25) is 0 Å². The molecule has 0 aromatic heterocycles. The van der Waals surface area contributed by atoms with Crippen molar-refractivity contribution in [2.75, 3.05) is 26.2 Å². The Labute approximate surface area is 116 Å². The fourth-order valence-corrected chi connectivity index (χ4v) is 1.92. The smallest absolute Gasteiger partial charge is 0.323 e. The molecule has 0 aromatic rings. The lowest BCUT2D eigenvalue weighted by Gasteiger charge is -2.20. The summed E-state index contributed by atoms with van der Waals surface area (Å²) >= 11 is 0. The Bertz CT molecular complexity index is 265. The topological polar surface area (TPSA) is 58.6 Å². The van der Waals surface area contributed by atoms with Gasteiger partial charge in [0.05, 0.1) is 6.61 Å². The molecular formula is C14H28N2O3. The first-order valence-electron chi connectivity index (χ1n) is 7.28. The summed E-state index contributed by atoms with van der Waals surface area (Å²) in [6, 6.07) is -0.297. The summed E-state index contributed by atoms with van der Waals surface area (Å²) in [6.45, 7) is 10.1. The SMILES string of the molecule is CCCC(NCCC(=O)N(CC)CC)C(=O)OCC. The lowest BCUT2D eigenvalue weighted by molar-refractivity contribution is -0.146. The normalized spacial score (nSPS) is 12.0. The molecule has 0 bridgehead atoms. The maximum absolute atomic E-state index is 11.8. The highest BCUT2D eigenvalue weighted by Gasteiger charge is 2.18. The molecule has 0 saturated heterocycles. The summed E-state index contributed by atoms with van der Waals surface area (Å²) in [5.74, 6) is -0.101. The van der Waals surface area contributed by atoms with E-state index >= 15 is 0 Å². The van der Waals surface area contributed by atoms with Crippen molar-refractivity contribution in [3.8, 4) is 0 Å². The molecule has 5 heteroatoms. The van der Waals surface area contributed by atoms with E-state index in [1.807, 2.05) is 20.8 Å². The number of amides is 1. The van der Waals surface area contributed by atoms with Crippen molar-refractivity contribution in [3.63, 3.8) is 0 Å². The average Bonchev–Trinajstić information content (AvgIpc) is 2.39. The summed E-state index contributed by atoms with van der Waals surface area (Å²) in [7, 11) is 0. The molecule has 1 amide bonds. The van der Waals surface area contributed by atoms with Gasteiger partial charge in [0.1, 0.15) is 6.04 Å². The quantitative estimate of drug-likeness (QED) is 0.613. The Morgan fingerprint density at radius 3 is 2.26 bits per heavy atom. The number of ether oxygens (including phenoxy) is 1. The predicted molar refractivity (Wildman–Crippen MR) is 75.9 cm³/mol. The fourth-order valence-electron chi connectivity index (χ4n) is 1.92. The van der Waals surface area contributed by atoms with Crippen molar-refractivity contribution >= 4 is 11.9 Å². The Morgan fingerprint density at radius 2 is 1.79 bits per heavy atom. The number of esters is 1. The van der Waals surface area contributed by atoms with E-state index in [0.717, 1.165) is 25.9 Å². The van der Waals surface area contributed by atoms with Gasteiger partial charge in [-0.2, -0.15) is 0 Å². The maximum Gasteiger partial charge on any atom is 0.323 e. The molecule has 0 aliphatic heterocycles. The lowest BCUT2D eigenvalue weighted by Crippen LogP contribution is -2.40. The third-order valence-electron chi connectivity index (χ3n) is 2.99. The molecule has 0 spiro atoms. The number of carbonyl (C=O) groups excluding carboxylic acids is 2. The van der Waals surface area contributed by atoms with Gasteiger partial charge in [-0.3, -0.25) is 9.59 Å². The third-order valence-corrected chi connectivity index (χ3v) is 2.99.